The highest BCUT2D eigenvalue weighted by atomic mass is 32.2. The Kier molecular flexibility index (Phi) is 5.15. The van der Waals surface area contributed by atoms with Crippen LogP contribution >= 0.6 is 0 Å². The molecule has 1 unspecified atom stereocenters. The van der Waals surface area contributed by atoms with Gasteiger partial charge in [-0.15, -0.1) is 0 Å². The summed E-state index contributed by atoms with van der Waals surface area (Å²) in [7, 11) is -3.70. The Balaban J connectivity index is 1.88. The van der Waals surface area contributed by atoms with Crippen molar-refractivity contribution in [2.45, 2.75) is 30.8 Å². The maximum Gasteiger partial charge on any atom is 0.296 e. The second-order valence-electron chi connectivity index (χ2n) is 5.13. The minimum absolute atomic E-state index is 0.00917. The number of hydrogen-bond donors (Lipinski definition) is 1. The zero-order valence-corrected chi connectivity index (χ0v) is 12.3. The molecule has 0 radical (unpaired) electrons. The van der Waals surface area contributed by atoms with Crippen LogP contribution in [0.5, 0.6) is 0 Å². The number of aliphatic hydroxyl groups excluding tert-OH is 1. The van der Waals surface area contributed by atoms with Gasteiger partial charge in [-0.05, 0) is 31.9 Å². The summed E-state index contributed by atoms with van der Waals surface area (Å²) in [6, 6.07) is 6.57. The van der Waals surface area contributed by atoms with Crippen molar-refractivity contribution in [3.05, 3.63) is 29.8 Å². The first kappa shape index (κ1) is 15.4. The van der Waals surface area contributed by atoms with E-state index >= 15 is 0 Å². The summed E-state index contributed by atoms with van der Waals surface area (Å²) in [4.78, 5) is 0.174. The van der Waals surface area contributed by atoms with Gasteiger partial charge in [-0.1, -0.05) is 17.7 Å². The largest absolute Gasteiger partial charge is 0.394 e. The van der Waals surface area contributed by atoms with E-state index in [0.717, 1.165) is 18.4 Å². The smallest absolute Gasteiger partial charge is 0.296 e. The molecule has 1 aromatic carbocycles. The first-order valence-corrected chi connectivity index (χ1v) is 8.10. The number of ether oxygens (including phenoxy) is 1. The zero-order chi connectivity index (χ0) is 14.6. The third kappa shape index (κ3) is 4.02. The molecule has 1 N–H and O–H groups in total. The van der Waals surface area contributed by atoms with Gasteiger partial charge in [0.1, 0.15) is 0 Å². The van der Waals surface area contributed by atoms with Gasteiger partial charge in [0.25, 0.3) is 10.1 Å². The van der Waals surface area contributed by atoms with Crippen LogP contribution in [0.15, 0.2) is 29.2 Å². The van der Waals surface area contributed by atoms with E-state index in [9.17, 15) is 8.42 Å². The molecule has 1 fully saturated rings. The highest BCUT2D eigenvalue weighted by Crippen LogP contribution is 2.21. The lowest BCUT2D eigenvalue weighted by Gasteiger charge is -2.27. The van der Waals surface area contributed by atoms with Crippen molar-refractivity contribution in [3.63, 3.8) is 0 Å². The van der Waals surface area contributed by atoms with Gasteiger partial charge in [0, 0.05) is 5.92 Å². The number of rotatable bonds is 5. The van der Waals surface area contributed by atoms with Crippen LogP contribution in [0.3, 0.4) is 0 Å². The van der Waals surface area contributed by atoms with Crippen LogP contribution < -0.4 is 0 Å². The number of aliphatic hydroxyl groups is 1. The van der Waals surface area contributed by atoms with E-state index in [0.29, 0.717) is 6.61 Å². The molecular formula is C14H20O5S. The second-order valence-corrected chi connectivity index (χ2v) is 6.75. The fraction of sp³-hybridized carbons (Fsp3) is 0.571. The van der Waals surface area contributed by atoms with E-state index in [4.69, 9.17) is 14.0 Å². The van der Waals surface area contributed by atoms with Crippen molar-refractivity contribution in [1.29, 1.82) is 0 Å². The van der Waals surface area contributed by atoms with Crippen molar-refractivity contribution in [3.8, 4) is 0 Å². The quantitative estimate of drug-likeness (QED) is 0.834. The van der Waals surface area contributed by atoms with Crippen LogP contribution in [0.2, 0.25) is 0 Å². The SMILES string of the molecule is Cc1ccc(S(=O)(=O)OC[C@H]2CCC(CO)OC2)cc1. The Hall–Kier alpha value is -0.950. The number of hydrogen-bond acceptors (Lipinski definition) is 5. The van der Waals surface area contributed by atoms with Crippen LogP contribution in [0.25, 0.3) is 0 Å². The van der Waals surface area contributed by atoms with Gasteiger partial charge in [0.15, 0.2) is 0 Å². The zero-order valence-electron chi connectivity index (χ0n) is 11.5. The van der Waals surface area contributed by atoms with Crippen LogP contribution in [0.4, 0.5) is 0 Å². The summed E-state index contributed by atoms with van der Waals surface area (Å²) < 4.78 is 34.5. The highest BCUT2D eigenvalue weighted by molar-refractivity contribution is 7.86. The first-order chi connectivity index (χ1) is 9.51. The van der Waals surface area contributed by atoms with Gasteiger partial charge in [0.05, 0.1) is 30.8 Å². The average molecular weight is 300 g/mol. The Morgan fingerprint density at radius 1 is 1.30 bits per heavy atom. The topological polar surface area (TPSA) is 72.8 Å². The molecule has 5 nitrogen and oxygen atoms in total. The monoisotopic (exact) mass is 300 g/mol. The van der Waals surface area contributed by atoms with Crippen molar-refractivity contribution in [1.82, 2.24) is 0 Å². The van der Waals surface area contributed by atoms with E-state index < -0.39 is 10.1 Å². The molecule has 2 rings (SSSR count). The molecule has 0 saturated carbocycles. The van der Waals surface area contributed by atoms with Gasteiger partial charge in [-0.3, -0.25) is 4.18 Å². The molecule has 0 aromatic heterocycles. The summed E-state index contributed by atoms with van der Waals surface area (Å²) in [5.41, 5.74) is 1.000. The standard InChI is InChI=1S/C14H20O5S/c1-11-2-6-14(7-3-11)20(16,17)19-10-12-4-5-13(8-15)18-9-12/h2-3,6-7,12-13,15H,4-5,8-10H2,1H3/t12-,13?/m0/s1. The molecule has 1 aliphatic rings. The van der Waals surface area contributed by atoms with E-state index in [1.54, 1.807) is 24.3 Å². The van der Waals surface area contributed by atoms with E-state index in [1.165, 1.54) is 0 Å². The summed E-state index contributed by atoms with van der Waals surface area (Å²) in [5, 5.41) is 8.96. The molecule has 1 saturated heterocycles. The minimum Gasteiger partial charge on any atom is -0.394 e. The first-order valence-electron chi connectivity index (χ1n) is 6.70. The predicted molar refractivity (Wildman–Crippen MR) is 73.9 cm³/mol. The molecule has 2 atom stereocenters. The molecule has 0 spiro atoms. The van der Waals surface area contributed by atoms with Gasteiger partial charge in [-0.2, -0.15) is 8.42 Å². The molecule has 1 heterocycles. The third-order valence-electron chi connectivity index (χ3n) is 3.44. The molecule has 1 aliphatic heterocycles. The minimum atomic E-state index is -3.70. The van der Waals surface area contributed by atoms with Gasteiger partial charge in [-0.25, -0.2) is 0 Å². The lowest BCUT2D eigenvalue weighted by Crippen LogP contribution is -2.31. The molecule has 1 aromatic rings. The molecule has 20 heavy (non-hydrogen) atoms. The average Bonchev–Trinajstić information content (AvgIpc) is 2.46. The maximum absolute atomic E-state index is 12.0. The van der Waals surface area contributed by atoms with Crippen LogP contribution in [-0.2, 0) is 19.0 Å². The number of aryl methyl sites for hydroxylation is 1. The summed E-state index contributed by atoms with van der Waals surface area (Å²) >= 11 is 0. The fourth-order valence-electron chi connectivity index (χ4n) is 2.09. The molecule has 0 aliphatic carbocycles. The summed E-state index contributed by atoms with van der Waals surface area (Å²) in [5.74, 6) is 0.0537. The van der Waals surface area contributed by atoms with E-state index in [-0.39, 0.29) is 30.1 Å². The van der Waals surface area contributed by atoms with Crippen molar-refractivity contribution in [2.75, 3.05) is 19.8 Å². The lowest BCUT2D eigenvalue weighted by atomic mass is 10.00. The van der Waals surface area contributed by atoms with E-state index in [2.05, 4.69) is 0 Å². The van der Waals surface area contributed by atoms with Crippen molar-refractivity contribution < 1.29 is 22.4 Å². The highest BCUT2D eigenvalue weighted by Gasteiger charge is 2.24. The molecule has 0 bridgehead atoms. The van der Waals surface area contributed by atoms with Gasteiger partial charge >= 0.3 is 0 Å². The van der Waals surface area contributed by atoms with Gasteiger partial charge in [0.2, 0.25) is 0 Å². The second kappa shape index (κ2) is 6.67. The van der Waals surface area contributed by atoms with Crippen molar-refractivity contribution >= 4 is 10.1 Å². The Labute approximate surface area is 119 Å². The summed E-state index contributed by atoms with van der Waals surface area (Å²) in [6.45, 7) is 2.45. The molecule has 0 amide bonds. The maximum atomic E-state index is 12.0. The normalized spacial score (nSPS) is 23.7. The summed E-state index contributed by atoms with van der Waals surface area (Å²) in [6.07, 6.45) is 1.41. The Bertz CT molecular complexity index is 515. The molecule has 6 heteroatoms. The number of benzene rings is 1. The lowest BCUT2D eigenvalue weighted by molar-refractivity contribution is -0.0503. The van der Waals surface area contributed by atoms with Crippen LogP contribution in [0.1, 0.15) is 18.4 Å². The molecular weight excluding hydrogens is 280 g/mol. The Morgan fingerprint density at radius 3 is 2.55 bits per heavy atom. The third-order valence-corrected chi connectivity index (χ3v) is 4.73. The predicted octanol–water partition coefficient (Wildman–Crippen LogP) is 1.49. The Morgan fingerprint density at radius 2 is 2.00 bits per heavy atom. The van der Waals surface area contributed by atoms with Gasteiger partial charge < -0.3 is 9.84 Å². The van der Waals surface area contributed by atoms with Crippen LogP contribution in [0, 0.1) is 12.8 Å². The van der Waals surface area contributed by atoms with Crippen LogP contribution in [-0.4, -0.2) is 39.4 Å². The van der Waals surface area contributed by atoms with E-state index in [1.807, 2.05) is 6.92 Å². The van der Waals surface area contributed by atoms with Crippen molar-refractivity contribution in [2.24, 2.45) is 5.92 Å². The molecule has 112 valence electrons. The fourth-order valence-corrected chi connectivity index (χ4v) is 3.07.